The van der Waals surface area contributed by atoms with Crippen molar-refractivity contribution in [2.24, 2.45) is 17.8 Å². The molecule has 2 unspecified atom stereocenters. The van der Waals surface area contributed by atoms with Gasteiger partial charge in [0.15, 0.2) is 0 Å². The molecule has 1 aliphatic rings. The fourth-order valence-electron chi connectivity index (χ4n) is 2.94. The van der Waals surface area contributed by atoms with Crippen LogP contribution in [0.3, 0.4) is 0 Å². The molecule has 1 aromatic heterocycles. The highest BCUT2D eigenvalue weighted by molar-refractivity contribution is 5.89. The van der Waals surface area contributed by atoms with Crippen molar-refractivity contribution in [1.82, 2.24) is 4.98 Å². The Morgan fingerprint density at radius 2 is 2.21 bits per heavy atom. The maximum Gasteiger partial charge on any atom is 0.339 e. The molecule has 19 heavy (non-hydrogen) atoms. The third-order valence-corrected chi connectivity index (χ3v) is 4.12. The van der Waals surface area contributed by atoms with Gasteiger partial charge in [-0.15, -0.1) is 0 Å². The molecule has 0 bridgehead atoms. The maximum absolute atomic E-state index is 12.1. The highest BCUT2D eigenvalue weighted by atomic mass is 16.5. The van der Waals surface area contributed by atoms with Gasteiger partial charge in [0.05, 0.1) is 5.56 Å². The van der Waals surface area contributed by atoms with Crippen LogP contribution >= 0.6 is 0 Å². The summed E-state index contributed by atoms with van der Waals surface area (Å²) in [6.07, 6.45) is 6.66. The second-order valence-electron chi connectivity index (χ2n) is 6.01. The highest BCUT2D eigenvalue weighted by Crippen LogP contribution is 2.35. The van der Waals surface area contributed by atoms with Crippen LogP contribution in [0.5, 0.6) is 0 Å². The number of ether oxygens (including phenoxy) is 1. The topological polar surface area (TPSA) is 39.2 Å². The first-order valence-corrected chi connectivity index (χ1v) is 7.19. The molecule has 0 aliphatic heterocycles. The lowest BCUT2D eigenvalue weighted by Gasteiger charge is -2.36. The summed E-state index contributed by atoms with van der Waals surface area (Å²) < 4.78 is 5.74. The SMILES string of the molecule is CC(C)C1CC[C@@H](C)CC1OC(=O)c1cccnc1. The second kappa shape index (κ2) is 6.18. The summed E-state index contributed by atoms with van der Waals surface area (Å²) in [5, 5.41) is 0. The van der Waals surface area contributed by atoms with Crippen LogP contribution in [0.25, 0.3) is 0 Å². The lowest BCUT2D eigenvalue weighted by Crippen LogP contribution is -2.35. The van der Waals surface area contributed by atoms with Crippen molar-refractivity contribution in [3.05, 3.63) is 30.1 Å². The number of esters is 1. The third-order valence-electron chi connectivity index (χ3n) is 4.12. The van der Waals surface area contributed by atoms with Crippen molar-refractivity contribution in [2.75, 3.05) is 0 Å². The van der Waals surface area contributed by atoms with Gasteiger partial charge >= 0.3 is 5.97 Å². The Balaban J connectivity index is 2.04. The van der Waals surface area contributed by atoms with Crippen molar-refractivity contribution in [1.29, 1.82) is 0 Å². The van der Waals surface area contributed by atoms with Crippen LogP contribution in [0.2, 0.25) is 0 Å². The molecule has 2 rings (SSSR count). The number of carbonyl (C=O) groups is 1. The van der Waals surface area contributed by atoms with Gasteiger partial charge in [-0.25, -0.2) is 4.79 Å². The molecular formula is C16H23NO2. The summed E-state index contributed by atoms with van der Waals surface area (Å²) in [5.74, 6) is 1.44. The minimum absolute atomic E-state index is 0.0523. The number of nitrogens with zero attached hydrogens (tertiary/aromatic N) is 1. The predicted octanol–water partition coefficient (Wildman–Crippen LogP) is 3.70. The maximum atomic E-state index is 12.1. The number of rotatable bonds is 3. The van der Waals surface area contributed by atoms with Crippen molar-refractivity contribution in [2.45, 2.75) is 46.1 Å². The van der Waals surface area contributed by atoms with Gasteiger partial charge in [0, 0.05) is 12.4 Å². The van der Waals surface area contributed by atoms with E-state index in [1.807, 2.05) is 0 Å². The summed E-state index contributed by atoms with van der Waals surface area (Å²) in [6, 6.07) is 3.52. The predicted molar refractivity (Wildman–Crippen MR) is 74.8 cm³/mol. The summed E-state index contributed by atoms with van der Waals surface area (Å²) in [4.78, 5) is 16.1. The van der Waals surface area contributed by atoms with Crippen molar-refractivity contribution >= 4 is 5.97 Å². The summed E-state index contributed by atoms with van der Waals surface area (Å²) in [5.41, 5.74) is 0.545. The van der Waals surface area contributed by atoms with E-state index < -0.39 is 0 Å². The molecule has 3 nitrogen and oxygen atoms in total. The number of carbonyl (C=O) groups excluding carboxylic acids is 1. The summed E-state index contributed by atoms with van der Waals surface area (Å²) in [7, 11) is 0. The zero-order valence-corrected chi connectivity index (χ0v) is 12.0. The normalized spacial score (nSPS) is 27.3. The van der Waals surface area contributed by atoms with E-state index in [2.05, 4.69) is 25.8 Å². The Morgan fingerprint density at radius 3 is 2.84 bits per heavy atom. The Labute approximate surface area is 115 Å². The van der Waals surface area contributed by atoms with Crippen molar-refractivity contribution in [3.8, 4) is 0 Å². The smallest absolute Gasteiger partial charge is 0.339 e. The van der Waals surface area contributed by atoms with Crippen LogP contribution in [-0.2, 0) is 4.74 Å². The Hall–Kier alpha value is -1.38. The fourth-order valence-corrected chi connectivity index (χ4v) is 2.94. The average molecular weight is 261 g/mol. The minimum Gasteiger partial charge on any atom is -0.458 e. The van der Waals surface area contributed by atoms with Crippen LogP contribution in [-0.4, -0.2) is 17.1 Å². The molecular weight excluding hydrogens is 238 g/mol. The molecule has 1 saturated carbocycles. The molecule has 0 saturated heterocycles. The molecule has 3 heteroatoms. The summed E-state index contributed by atoms with van der Waals surface area (Å²) >= 11 is 0. The minimum atomic E-state index is -0.238. The molecule has 0 radical (unpaired) electrons. The Kier molecular flexibility index (Phi) is 4.56. The Morgan fingerprint density at radius 1 is 1.42 bits per heavy atom. The van der Waals surface area contributed by atoms with E-state index >= 15 is 0 Å². The monoisotopic (exact) mass is 261 g/mol. The Bertz CT molecular complexity index is 416. The van der Waals surface area contributed by atoms with Crippen LogP contribution < -0.4 is 0 Å². The molecule has 1 aromatic rings. The van der Waals surface area contributed by atoms with Gasteiger partial charge in [0.2, 0.25) is 0 Å². The second-order valence-corrected chi connectivity index (χ2v) is 6.01. The first kappa shape index (κ1) is 14.0. The molecule has 3 atom stereocenters. The number of hydrogen-bond donors (Lipinski definition) is 0. The van der Waals surface area contributed by atoms with E-state index in [1.165, 1.54) is 6.42 Å². The zero-order chi connectivity index (χ0) is 13.8. The van der Waals surface area contributed by atoms with E-state index in [0.717, 1.165) is 12.8 Å². The molecule has 1 fully saturated rings. The molecule has 1 heterocycles. The standard InChI is InChI=1S/C16H23NO2/c1-11(2)14-7-6-12(3)9-15(14)19-16(18)13-5-4-8-17-10-13/h4-5,8,10-12,14-15H,6-7,9H2,1-3H3/t12-,14?,15?/m1/s1. The van der Waals surface area contributed by atoms with E-state index in [1.54, 1.807) is 24.5 Å². The number of hydrogen-bond acceptors (Lipinski definition) is 3. The van der Waals surface area contributed by atoms with E-state index in [4.69, 9.17) is 4.74 Å². The first-order valence-electron chi connectivity index (χ1n) is 7.19. The molecule has 104 valence electrons. The van der Waals surface area contributed by atoms with Gasteiger partial charge in [-0.1, -0.05) is 27.2 Å². The van der Waals surface area contributed by atoms with Gasteiger partial charge in [0.25, 0.3) is 0 Å². The van der Waals surface area contributed by atoms with E-state index in [9.17, 15) is 4.79 Å². The van der Waals surface area contributed by atoms with Crippen molar-refractivity contribution in [3.63, 3.8) is 0 Å². The molecule has 1 aliphatic carbocycles. The first-order chi connectivity index (χ1) is 9.08. The van der Waals surface area contributed by atoms with E-state index in [0.29, 0.717) is 23.3 Å². The lowest BCUT2D eigenvalue weighted by molar-refractivity contribution is -0.0174. The number of aromatic nitrogens is 1. The zero-order valence-electron chi connectivity index (χ0n) is 12.0. The van der Waals surface area contributed by atoms with Crippen LogP contribution in [0.15, 0.2) is 24.5 Å². The van der Waals surface area contributed by atoms with E-state index in [-0.39, 0.29) is 12.1 Å². The molecule has 0 spiro atoms. The summed E-state index contributed by atoms with van der Waals surface area (Å²) in [6.45, 7) is 6.67. The average Bonchev–Trinajstić information content (AvgIpc) is 2.39. The van der Waals surface area contributed by atoms with Crippen LogP contribution in [0, 0.1) is 17.8 Å². The van der Waals surface area contributed by atoms with Gasteiger partial charge in [-0.05, 0) is 42.7 Å². The largest absolute Gasteiger partial charge is 0.458 e. The highest BCUT2D eigenvalue weighted by Gasteiger charge is 2.33. The van der Waals surface area contributed by atoms with Crippen LogP contribution in [0.1, 0.15) is 50.4 Å². The lowest BCUT2D eigenvalue weighted by atomic mass is 9.75. The van der Waals surface area contributed by atoms with Gasteiger partial charge < -0.3 is 4.74 Å². The van der Waals surface area contributed by atoms with Crippen LogP contribution in [0.4, 0.5) is 0 Å². The van der Waals surface area contributed by atoms with Gasteiger partial charge in [0.1, 0.15) is 6.10 Å². The van der Waals surface area contributed by atoms with Gasteiger partial charge in [-0.3, -0.25) is 4.98 Å². The van der Waals surface area contributed by atoms with Gasteiger partial charge in [-0.2, -0.15) is 0 Å². The number of pyridine rings is 1. The molecule has 0 amide bonds. The van der Waals surface area contributed by atoms with Crippen molar-refractivity contribution < 1.29 is 9.53 Å². The third kappa shape index (κ3) is 3.55. The molecule has 0 N–H and O–H groups in total. The fraction of sp³-hybridized carbons (Fsp3) is 0.625. The molecule has 0 aromatic carbocycles. The quantitative estimate of drug-likeness (QED) is 0.779.